The Balaban J connectivity index is 1.62. The topological polar surface area (TPSA) is 92.8 Å². The number of nitrogens with zero attached hydrogens (tertiary/aromatic N) is 3. The number of carbonyl (C=O) groups is 1. The van der Waals surface area contributed by atoms with E-state index in [1.54, 1.807) is 0 Å². The summed E-state index contributed by atoms with van der Waals surface area (Å²) in [6.45, 7) is 4.19. The van der Waals surface area contributed by atoms with Gasteiger partial charge in [0, 0.05) is 0 Å². The Morgan fingerprint density at radius 2 is 2.00 bits per heavy atom. The highest BCUT2D eigenvalue weighted by Crippen LogP contribution is 2.34. The lowest BCUT2D eigenvalue weighted by atomic mass is 10.2. The molecule has 2 N–H and O–H groups in total. The second-order valence-electron chi connectivity index (χ2n) is 6.31. The van der Waals surface area contributed by atoms with Crippen molar-refractivity contribution >= 4 is 33.3 Å². The van der Waals surface area contributed by atoms with E-state index in [4.69, 9.17) is 4.74 Å². The van der Waals surface area contributed by atoms with Crippen LogP contribution in [-0.4, -0.2) is 33.0 Å². The smallest absolute Gasteiger partial charge is 0.348 e. The van der Waals surface area contributed by atoms with Crippen LogP contribution in [0.1, 0.15) is 26.9 Å². The van der Waals surface area contributed by atoms with Gasteiger partial charge >= 0.3 is 5.97 Å². The second-order valence-corrected chi connectivity index (χ2v) is 7.31. The third-order valence-corrected chi connectivity index (χ3v) is 5.57. The van der Waals surface area contributed by atoms with Crippen LogP contribution in [0, 0.1) is 13.8 Å². The molecule has 4 rings (SSSR count). The number of rotatable bonds is 5. The number of benzene rings is 1. The molecule has 0 unspecified atom stereocenters. The zero-order valence-electron chi connectivity index (χ0n) is 15.7. The van der Waals surface area contributed by atoms with Gasteiger partial charge < -0.3 is 15.0 Å². The van der Waals surface area contributed by atoms with Gasteiger partial charge in [-0.25, -0.2) is 19.7 Å². The third kappa shape index (κ3) is 3.34. The van der Waals surface area contributed by atoms with Crippen molar-refractivity contribution in [3.63, 3.8) is 0 Å². The van der Waals surface area contributed by atoms with Crippen molar-refractivity contribution in [1.82, 2.24) is 19.9 Å². The number of hydrogen-bond acceptors (Lipinski definition) is 7. The van der Waals surface area contributed by atoms with Crippen LogP contribution in [0.3, 0.4) is 0 Å². The number of H-pyrrole nitrogens is 1. The van der Waals surface area contributed by atoms with E-state index in [1.165, 1.54) is 18.4 Å². The molecule has 7 nitrogen and oxygen atoms in total. The number of ether oxygens (including phenoxy) is 1. The first-order valence-electron chi connectivity index (χ1n) is 8.76. The minimum absolute atomic E-state index is 0.359. The SMILES string of the molecule is COC(=O)c1sc2nc(C)nc(NCc3ncc(-c4ccccc4)[nH]3)c2c1C. The summed E-state index contributed by atoms with van der Waals surface area (Å²) in [6, 6.07) is 10.0. The first-order chi connectivity index (χ1) is 13.6. The summed E-state index contributed by atoms with van der Waals surface area (Å²) < 4.78 is 4.88. The van der Waals surface area contributed by atoms with Crippen molar-refractivity contribution < 1.29 is 9.53 Å². The molecule has 0 bridgehead atoms. The summed E-state index contributed by atoms with van der Waals surface area (Å²) in [5.41, 5.74) is 2.86. The number of methoxy groups -OCH3 is 1. The molecular weight excluding hydrogens is 374 g/mol. The number of fused-ring (bicyclic) bond motifs is 1. The minimum Gasteiger partial charge on any atom is -0.465 e. The summed E-state index contributed by atoms with van der Waals surface area (Å²) >= 11 is 1.32. The molecule has 4 aromatic rings. The number of aromatic nitrogens is 4. The highest BCUT2D eigenvalue weighted by molar-refractivity contribution is 7.20. The molecule has 142 valence electrons. The van der Waals surface area contributed by atoms with Crippen LogP contribution < -0.4 is 5.32 Å². The lowest BCUT2D eigenvalue weighted by Crippen LogP contribution is -2.05. The van der Waals surface area contributed by atoms with Crippen LogP contribution in [0.25, 0.3) is 21.5 Å². The van der Waals surface area contributed by atoms with Crippen LogP contribution >= 0.6 is 11.3 Å². The third-order valence-electron chi connectivity index (χ3n) is 4.41. The maximum absolute atomic E-state index is 12.0. The average Bonchev–Trinajstić information content (AvgIpc) is 3.31. The van der Waals surface area contributed by atoms with Crippen molar-refractivity contribution in [3.05, 3.63) is 58.6 Å². The van der Waals surface area contributed by atoms with Crippen LogP contribution in [0.5, 0.6) is 0 Å². The number of aromatic amines is 1. The fraction of sp³-hybridized carbons (Fsp3) is 0.200. The number of aryl methyl sites for hydroxylation is 2. The lowest BCUT2D eigenvalue weighted by Gasteiger charge is -2.07. The van der Waals surface area contributed by atoms with E-state index in [0.29, 0.717) is 23.1 Å². The zero-order valence-corrected chi connectivity index (χ0v) is 16.6. The van der Waals surface area contributed by atoms with Gasteiger partial charge in [-0.05, 0) is 25.0 Å². The van der Waals surface area contributed by atoms with Gasteiger partial charge in [0.25, 0.3) is 0 Å². The first-order valence-corrected chi connectivity index (χ1v) is 9.57. The van der Waals surface area contributed by atoms with Gasteiger partial charge in [-0.15, -0.1) is 11.3 Å². The Labute approximate surface area is 165 Å². The quantitative estimate of drug-likeness (QED) is 0.496. The van der Waals surface area contributed by atoms with Gasteiger partial charge in [-0.1, -0.05) is 30.3 Å². The van der Waals surface area contributed by atoms with Crippen molar-refractivity contribution in [2.45, 2.75) is 20.4 Å². The van der Waals surface area contributed by atoms with E-state index < -0.39 is 0 Å². The number of imidazole rings is 1. The Kier molecular flexibility index (Phi) is 4.79. The van der Waals surface area contributed by atoms with Gasteiger partial charge in [-0.2, -0.15) is 0 Å². The predicted octanol–water partition coefficient (Wildman–Crippen LogP) is 4.10. The monoisotopic (exact) mass is 393 g/mol. The van der Waals surface area contributed by atoms with Crippen LogP contribution in [0.2, 0.25) is 0 Å². The number of thiophene rings is 1. The van der Waals surface area contributed by atoms with Crippen LogP contribution in [0.4, 0.5) is 5.82 Å². The Morgan fingerprint density at radius 1 is 1.21 bits per heavy atom. The highest BCUT2D eigenvalue weighted by atomic mass is 32.1. The molecule has 0 atom stereocenters. The highest BCUT2D eigenvalue weighted by Gasteiger charge is 2.20. The van der Waals surface area contributed by atoms with E-state index in [0.717, 1.165) is 32.9 Å². The standard InChI is InChI=1S/C20H19N5O2S/c1-11-16-18(23-12(2)24-19(16)28-17(11)20(26)27-3)22-10-15-21-9-14(25-15)13-7-5-4-6-8-13/h4-9H,10H2,1-3H3,(H,21,25)(H,22,23,24). The van der Waals surface area contributed by atoms with Gasteiger partial charge in [0.2, 0.25) is 0 Å². The van der Waals surface area contributed by atoms with Gasteiger partial charge in [0.15, 0.2) is 0 Å². The summed E-state index contributed by atoms with van der Waals surface area (Å²) in [7, 11) is 1.38. The normalized spacial score (nSPS) is 11.0. The second kappa shape index (κ2) is 7.40. The Hall–Kier alpha value is -3.26. The van der Waals surface area contributed by atoms with Crippen molar-refractivity contribution in [2.75, 3.05) is 12.4 Å². The number of hydrogen-bond donors (Lipinski definition) is 2. The van der Waals surface area contributed by atoms with Crippen molar-refractivity contribution in [2.24, 2.45) is 0 Å². The number of nitrogens with one attached hydrogen (secondary N) is 2. The van der Waals surface area contributed by atoms with Gasteiger partial charge in [0.1, 0.15) is 27.2 Å². The van der Waals surface area contributed by atoms with Gasteiger partial charge in [-0.3, -0.25) is 0 Å². The maximum Gasteiger partial charge on any atom is 0.348 e. The molecule has 0 spiro atoms. The van der Waals surface area contributed by atoms with E-state index in [9.17, 15) is 4.79 Å². The molecule has 28 heavy (non-hydrogen) atoms. The molecular formula is C20H19N5O2S. The van der Waals surface area contributed by atoms with E-state index >= 15 is 0 Å². The average molecular weight is 393 g/mol. The molecule has 0 amide bonds. The molecule has 0 saturated heterocycles. The molecule has 3 heterocycles. The molecule has 0 aliphatic rings. The van der Waals surface area contributed by atoms with E-state index in [2.05, 4.69) is 25.3 Å². The fourth-order valence-electron chi connectivity index (χ4n) is 3.05. The fourth-order valence-corrected chi connectivity index (χ4v) is 4.19. The first kappa shape index (κ1) is 18.1. The Morgan fingerprint density at radius 3 is 2.75 bits per heavy atom. The molecule has 8 heteroatoms. The number of anilines is 1. The molecule has 0 aliphatic heterocycles. The van der Waals surface area contributed by atoms with Crippen molar-refractivity contribution in [1.29, 1.82) is 0 Å². The molecule has 0 radical (unpaired) electrons. The van der Waals surface area contributed by atoms with Gasteiger partial charge in [0.05, 0.1) is 30.9 Å². The molecule has 0 aliphatic carbocycles. The molecule has 1 aromatic carbocycles. The van der Waals surface area contributed by atoms with Crippen LogP contribution in [0.15, 0.2) is 36.5 Å². The number of carbonyl (C=O) groups excluding carboxylic acids is 1. The Bertz CT molecular complexity index is 1150. The molecule has 3 aromatic heterocycles. The summed E-state index contributed by atoms with van der Waals surface area (Å²) in [5.74, 6) is 1.76. The van der Waals surface area contributed by atoms with E-state index in [-0.39, 0.29) is 5.97 Å². The lowest BCUT2D eigenvalue weighted by molar-refractivity contribution is 0.0605. The van der Waals surface area contributed by atoms with Crippen LogP contribution in [-0.2, 0) is 11.3 Å². The summed E-state index contributed by atoms with van der Waals surface area (Å²) in [6.07, 6.45) is 1.82. The molecule has 0 saturated carbocycles. The number of esters is 1. The largest absolute Gasteiger partial charge is 0.465 e. The minimum atomic E-state index is -0.359. The molecule has 0 fully saturated rings. The predicted molar refractivity (Wildman–Crippen MR) is 110 cm³/mol. The van der Waals surface area contributed by atoms with Crippen molar-refractivity contribution in [3.8, 4) is 11.3 Å². The summed E-state index contributed by atoms with van der Waals surface area (Å²) in [5, 5.41) is 4.17. The zero-order chi connectivity index (χ0) is 19.7. The summed E-state index contributed by atoms with van der Waals surface area (Å²) in [4.78, 5) is 30.1. The van der Waals surface area contributed by atoms with E-state index in [1.807, 2.05) is 50.4 Å². The maximum atomic E-state index is 12.0.